The molecule has 152 valence electrons. The third-order valence-corrected chi connectivity index (χ3v) is 7.89. The standard InChI is InChI=1S/C27H29N2P/c1-21-15-17-23(18-16-21)20-26-27(19-22(2)29(26)28(3)4)30(24-11-7-5-8-12-24)25-13-9-6-10-14-25/h5-19H,20H2,1-4H3. The topological polar surface area (TPSA) is 8.17 Å². The Balaban J connectivity index is 1.90. The van der Waals surface area contributed by atoms with Gasteiger partial charge < -0.3 is 5.01 Å². The molecule has 0 aliphatic heterocycles. The maximum Gasteiger partial charge on any atom is 0.0526 e. The Labute approximate surface area is 181 Å². The lowest BCUT2D eigenvalue weighted by Gasteiger charge is -2.24. The molecule has 0 amide bonds. The van der Waals surface area contributed by atoms with Gasteiger partial charge in [0, 0.05) is 31.5 Å². The van der Waals surface area contributed by atoms with Crippen LogP contribution in [0, 0.1) is 13.8 Å². The molecule has 1 aromatic heterocycles. The van der Waals surface area contributed by atoms with E-state index in [4.69, 9.17) is 0 Å². The Hall–Kier alpha value is -2.83. The molecule has 0 saturated carbocycles. The van der Waals surface area contributed by atoms with Crippen molar-refractivity contribution in [2.75, 3.05) is 19.1 Å². The van der Waals surface area contributed by atoms with Crippen LogP contribution in [0.3, 0.4) is 0 Å². The molecule has 4 rings (SSSR count). The molecular weight excluding hydrogens is 383 g/mol. The van der Waals surface area contributed by atoms with E-state index in [2.05, 4.69) is 129 Å². The third kappa shape index (κ3) is 4.20. The molecule has 0 N–H and O–H groups in total. The van der Waals surface area contributed by atoms with Crippen molar-refractivity contribution >= 4 is 23.8 Å². The van der Waals surface area contributed by atoms with E-state index in [0.717, 1.165) is 6.42 Å². The summed E-state index contributed by atoms with van der Waals surface area (Å²) >= 11 is 0. The highest BCUT2D eigenvalue weighted by Gasteiger charge is 2.24. The van der Waals surface area contributed by atoms with Gasteiger partial charge in [-0.05, 0) is 44.0 Å². The van der Waals surface area contributed by atoms with Crippen LogP contribution in [0.2, 0.25) is 0 Å². The molecule has 0 aliphatic carbocycles. The Morgan fingerprint density at radius 2 is 1.27 bits per heavy atom. The first-order chi connectivity index (χ1) is 14.5. The Morgan fingerprint density at radius 1 is 0.733 bits per heavy atom. The lowest BCUT2D eigenvalue weighted by molar-refractivity contribution is 0.683. The van der Waals surface area contributed by atoms with Gasteiger partial charge in [0.2, 0.25) is 0 Å². The van der Waals surface area contributed by atoms with E-state index in [1.807, 2.05) is 0 Å². The predicted molar refractivity (Wildman–Crippen MR) is 132 cm³/mol. The Kier molecular flexibility index (Phi) is 6.06. The number of hydrogen-bond donors (Lipinski definition) is 0. The van der Waals surface area contributed by atoms with Crippen molar-refractivity contribution in [1.82, 2.24) is 4.68 Å². The van der Waals surface area contributed by atoms with Crippen molar-refractivity contribution in [3.05, 3.63) is 114 Å². The van der Waals surface area contributed by atoms with Gasteiger partial charge in [0.25, 0.3) is 0 Å². The molecule has 2 nitrogen and oxygen atoms in total. The summed E-state index contributed by atoms with van der Waals surface area (Å²) in [5.41, 5.74) is 5.30. The van der Waals surface area contributed by atoms with Crippen molar-refractivity contribution in [3.8, 4) is 0 Å². The van der Waals surface area contributed by atoms with Crippen LogP contribution < -0.4 is 20.9 Å². The fraction of sp³-hybridized carbons (Fsp3) is 0.185. The average molecular weight is 413 g/mol. The van der Waals surface area contributed by atoms with Crippen LogP contribution in [0.5, 0.6) is 0 Å². The monoisotopic (exact) mass is 412 g/mol. The van der Waals surface area contributed by atoms with Gasteiger partial charge in [-0.1, -0.05) is 90.5 Å². The number of nitrogens with zero attached hydrogens (tertiary/aromatic N) is 2. The van der Waals surface area contributed by atoms with Crippen LogP contribution in [0.1, 0.15) is 22.5 Å². The fourth-order valence-electron chi connectivity index (χ4n) is 4.06. The summed E-state index contributed by atoms with van der Waals surface area (Å²) in [6.07, 6.45) is 0.917. The van der Waals surface area contributed by atoms with Crippen LogP contribution in [-0.2, 0) is 6.42 Å². The van der Waals surface area contributed by atoms with Crippen LogP contribution >= 0.6 is 7.92 Å². The van der Waals surface area contributed by atoms with Gasteiger partial charge in [-0.2, -0.15) is 0 Å². The van der Waals surface area contributed by atoms with E-state index in [-0.39, 0.29) is 0 Å². The molecule has 0 fully saturated rings. The lowest BCUT2D eigenvalue weighted by Crippen LogP contribution is -2.31. The zero-order valence-electron chi connectivity index (χ0n) is 18.2. The molecule has 0 atom stereocenters. The first kappa shape index (κ1) is 20.4. The Morgan fingerprint density at radius 3 is 1.77 bits per heavy atom. The van der Waals surface area contributed by atoms with E-state index < -0.39 is 7.92 Å². The molecule has 30 heavy (non-hydrogen) atoms. The normalized spacial score (nSPS) is 11.1. The molecule has 0 bridgehead atoms. The second-order valence-corrected chi connectivity index (χ2v) is 10.1. The number of aromatic nitrogens is 1. The largest absolute Gasteiger partial charge is 0.319 e. The summed E-state index contributed by atoms with van der Waals surface area (Å²) in [6, 6.07) is 33.3. The lowest BCUT2D eigenvalue weighted by atomic mass is 10.1. The summed E-state index contributed by atoms with van der Waals surface area (Å²) < 4.78 is 2.37. The summed E-state index contributed by atoms with van der Waals surface area (Å²) in [5.74, 6) is 0. The number of benzene rings is 3. The van der Waals surface area contributed by atoms with Crippen LogP contribution in [0.15, 0.2) is 91.0 Å². The number of aryl methyl sites for hydroxylation is 2. The summed E-state index contributed by atoms with van der Waals surface area (Å²) in [6.45, 7) is 4.36. The highest BCUT2D eigenvalue weighted by Crippen LogP contribution is 2.36. The van der Waals surface area contributed by atoms with E-state index >= 15 is 0 Å². The smallest absolute Gasteiger partial charge is 0.0526 e. The molecule has 0 aliphatic rings. The molecule has 0 unspecified atom stereocenters. The van der Waals surface area contributed by atoms with Gasteiger partial charge in [-0.15, -0.1) is 0 Å². The molecular formula is C27H29N2P. The van der Waals surface area contributed by atoms with E-state index in [0.29, 0.717) is 0 Å². The maximum atomic E-state index is 2.40. The van der Waals surface area contributed by atoms with Crippen molar-refractivity contribution in [2.45, 2.75) is 20.3 Å². The third-order valence-electron chi connectivity index (χ3n) is 5.39. The molecule has 1 heterocycles. The van der Waals surface area contributed by atoms with Gasteiger partial charge in [-0.3, -0.25) is 4.68 Å². The van der Waals surface area contributed by atoms with Gasteiger partial charge in [0.05, 0.1) is 5.69 Å². The van der Waals surface area contributed by atoms with Crippen molar-refractivity contribution < 1.29 is 0 Å². The van der Waals surface area contributed by atoms with E-state index in [1.165, 1.54) is 38.4 Å². The van der Waals surface area contributed by atoms with Crippen molar-refractivity contribution in [3.63, 3.8) is 0 Å². The highest BCUT2D eigenvalue weighted by molar-refractivity contribution is 7.79. The number of hydrogen-bond acceptors (Lipinski definition) is 1. The van der Waals surface area contributed by atoms with Gasteiger partial charge >= 0.3 is 0 Å². The quantitative estimate of drug-likeness (QED) is 0.419. The van der Waals surface area contributed by atoms with Crippen LogP contribution in [-0.4, -0.2) is 18.8 Å². The van der Waals surface area contributed by atoms with Crippen molar-refractivity contribution in [2.24, 2.45) is 0 Å². The minimum Gasteiger partial charge on any atom is -0.319 e. The average Bonchev–Trinajstić information content (AvgIpc) is 3.07. The van der Waals surface area contributed by atoms with Crippen LogP contribution in [0.4, 0.5) is 0 Å². The van der Waals surface area contributed by atoms with Crippen LogP contribution in [0.25, 0.3) is 0 Å². The predicted octanol–water partition coefficient (Wildman–Crippen LogP) is 4.65. The molecule has 0 saturated heterocycles. The molecule has 0 radical (unpaired) electrons. The fourth-order valence-corrected chi connectivity index (χ4v) is 6.60. The van der Waals surface area contributed by atoms with Gasteiger partial charge in [-0.25, -0.2) is 0 Å². The highest BCUT2D eigenvalue weighted by atomic mass is 31.1. The van der Waals surface area contributed by atoms with Crippen molar-refractivity contribution in [1.29, 1.82) is 0 Å². The van der Waals surface area contributed by atoms with E-state index in [1.54, 1.807) is 0 Å². The minimum absolute atomic E-state index is 0.637. The van der Waals surface area contributed by atoms with Gasteiger partial charge in [0.1, 0.15) is 0 Å². The zero-order chi connectivity index (χ0) is 21.1. The van der Waals surface area contributed by atoms with E-state index in [9.17, 15) is 0 Å². The first-order valence-corrected chi connectivity index (χ1v) is 11.7. The Bertz CT molecular complexity index is 1060. The number of rotatable bonds is 6. The second-order valence-electron chi connectivity index (χ2n) is 7.95. The molecule has 0 spiro atoms. The summed E-state index contributed by atoms with van der Waals surface area (Å²) in [4.78, 5) is 0. The summed E-state index contributed by atoms with van der Waals surface area (Å²) in [5, 5.41) is 6.42. The molecule has 4 aromatic rings. The van der Waals surface area contributed by atoms with Gasteiger partial charge in [0.15, 0.2) is 0 Å². The maximum absolute atomic E-state index is 2.40. The first-order valence-electron chi connectivity index (χ1n) is 10.4. The minimum atomic E-state index is -0.637. The second kappa shape index (κ2) is 8.90. The zero-order valence-corrected chi connectivity index (χ0v) is 19.1. The summed E-state index contributed by atoms with van der Waals surface area (Å²) in [7, 11) is 3.62. The molecule has 3 heteroatoms. The molecule has 3 aromatic carbocycles. The SMILES string of the molecule is Cc1ccc(Cc2c(P(c3ccccc3)c3ccccc3)cc(C)n2N(C)C)cc1.